The van der Waals surface area contributed by atoms with Gasteiger partial charge in [-0.2, -0.15) is 4.98 Å². The van der Waals surface area contributed by atoms with Crippen molar-refractivity contribution >= 4 is 71.1 Å². The van der Waals surface area contributed by atoms with Gasteiger partial charge in [0.05, 0.1) is 25.9 Å². The van der Waals surface area contributed by atoms with Crippen LogP contribution in [0.5, 0.6) is 0 Å². The number of aromatic amines is 1. The molecule has 0 aromatic carbocycles. The Morgan fingerprint density at radius 3 is 2.27 bits per heavy atom. The Kier molecular flexibility index (Phi) is 7.76. The first-order valence-corrected chi connectivity index (χ1v) is 18.1. The molecule has 45 heavy (non-hydrogen) atoms. The van der Waals surface area contributed by atoms with Gasteiger partial charge >= 0.3 is 13.4 Å². The molecule has 0 saturated carbocycles. The van der Waals surface area contributed by atoms with Gasteiger partial charge in [0.2, 0.25) is 5.95 Å². The zero-order chi connectivity index (χ0) is 31.8. The Bertz CT molecular complexity index is 1950. The number of hydrogen-bond donors (Lipinski definition) is 6. The van der Waals surface area contributed by atoms with Crippen LogP contribution in [0.3, 0.4) is 0 Å². The average molecular weight is 709 g/mol. The number of nitrogens with one attached hydrogen (secondary N) is 1. The lowest BCUT2D eigenvalue weighted by atomic mass is 10.1. The Hall–Kier alpha value is -2.63. The van der Waals surface area contributed by atoms with E-state index in [0.717, 1.165) is 0 Å². The van der Waals surface area contributed by atoms with E-state index in [9.17, 15) is 19.7 Å². The quantitative estimate of drug-likeness (QED) is 0.134. The standard InChI is InChI=1S/C20H23FN10O10P2S2/c21-8-12-7(39-18(8)30-4-26-9-14(22)24-3-25-15(9)30)2-37-43(35,45)41-13-11(32)6(1-36-42(34,44)40-12)38-19(13)31-5-27-10-16(31)28-20(23)29-17(10)33/h3-8,11-13,18-19,32H,1-2H2,(H,34,44)(H,35,45)(H2,22,24,25)(H3,23,28,29,33)/t6-,7-,8?,11?,12+,13+,18-,19-,42?,43?/m1/s1. The molecule has 4 aromatic rings. The molecule has 3 aliphatic rings. The van der Waals surface area contributed by atoms with Gasteiger partial charge in [0.15, 0.2) is 41.3 Å². The maximum atomic E-state index is 16.0. The van der Waals surface area contributed by atoms with Crippen molar-refractivity contribution < 1.29 is 46.9 Å². The summed E-state index contributed by atoms with van der Waals surface area (Å²) in [4.78, 5) is 56.8. The van der Waals surface area contributed by atoms with Crippen molar-refractivity contribution in [3.63, 3.8) is 0 Å². The largest absolute Gasteiger partial charge is 0.387 e. The van der Waals surface area contributed by atoms with Crippen LogP contribution in [0, 0.1) is 0 Å². The summed E-state index contributed by atoms with van der Waals surface area (Å²) in [7, 11) is 0. The summed E-state index contributed by atoms with van der Waals surface area (Å²) in [6.45, 7) is -9.73. The number of aliphatic hydroxyl groups excluding tert-OH is 1. The molecule has 4 unspecified atom stereocenters. The van der Waals surface area contributed by atoms with E-state index >= 15 is 4.39 Å². The van der Waals surface area contributed by atoms with Crippen LogP contribution in [0.4, 0.5) is 16.2 Å². The maximum Gasteiger partial charge on any atom is 0.325 e. The van der Waals surface area contributed by atoms with Crippen LogP contribution in [0.1, 0.15) is 12.5 Å². The number of nitrogens with zero attached hydrogens (tertiary/aromatic N) is 7. The number of aliphatic hydroxyl groups is 1. The Morgan fingerprint density at radius 2 is 1.53 bits per heavy atom. The number of rotatable bonds is 2. The average Bonchev–Trinajstić information content (AvgIpc) is 3.72. The van der Waals surface area contributed by atoms with Crippen LogP contribution in [-0.2, 0) is 51.2 Å². The fourth-order valence-electron chi connectivity index (χ4n) is 5.26. The minimum atomic E-state index is -4.27. The molecular formula is C20H23FN10O10P2S2. The van der Waals surface area contributed by atoms with Crippen molar-refractivity contribution in [3.8, 4) is 0 Å². The van der Waals surface area contributed by atoms with Gasteiger partial charge in [-0.15, -0.1) is 0 Å². The number of nitrogen functional groups attached to an aromatic ring is 2. The molecule has 3 fully saturated rings. The van der Waals surface area contributed by atoms with Gasteiger partial charge in [-0.3, -0.25) is 28.0 Å². The number of aromatic nitrogens is 8. The van der Waals surface area contributed by atoms with Gasteiger partial charge in [-0.25, -0.2) is 24.3 Å². The highest BCUT2D eigenvalue weighted by molar-refractivity contribution is 8.07. The van der Waals surface area contributed by atoms with E-state index in [4.69, 9.17) is 62.6 Å². The zero-order valence-corrected chi connectivity index (χ0v) is 25.8. The number of alkyl halides is 1. The number of anilines is 2. The second-order valence-corrected chi connectivity index (χ2v) is 15.7. The number of imidazole rings is 2. The van der Waals surface area contributed by atoms with Crippen molar-refractivity contribution in [1.82, 2.24) is 39.0 Å². The molecule has 0 spiro atoms. The topological polar surface area (TPSA) is 275 Å². The van der Waals surface area contributed by atoms with E-state index in [-0.39, 0.29) is 34.1 Å². The molecule has 4 aromatic heterocycles. The number of halogens is 1. The van der Waals surface area contributed by atoms with Crippen molar-refractivity contribution in [3.05, 3.63) is 29.3 Å². The van der Waals surface area contributed by atoms with Gasteiger partial charge in [0.1, 0.15) is 42.4 Å². The normalized spacial score (nSPS) is 37.7. The molecule has 0 aliphatic carbocycles. The first-order valence-electron chi connectivity index (χ1n) is 12.9. The van der Waals surface area contributed by atoms with Gasteiger partial charge in [0, 0.05) is 0 Å². The summed E-state index contributed by atoms with van der Waals surface area (Å²) in [5.41, 5.74) is 11.1. The molecule has 242 valence electrons. The van der Waals surface area contributed by atoms with Crippen molar-refractivity contribution in [2.45, 2.75) is 49.1 Å². The zero-order valence-electron chi connectivity index (χ0n) is 22.3. The molecule has 2 bridgehead atoms. The first-order chi connectivity index (χ1) is 21.3. The summed E-state index contributed by atoms with van der Waals surface area (Å²) in [6.07, 6.45) is -8.39. The highest BCUT2D eigenvalue weighted by Gasteiger charge is 2.53. The second-order valence-electron chi connectivity index (χ2n) is 10.1. The summed E-state index contributed by atoms with van der Waals surface area (Å²) in [6, 6.07) is 0. The number of fused-ring (bicyclic) bond motifs is 5. The first kappa shape index (κ1) is 31.0. The molecule has 3 aliphatic heterocycles. The van der Waals surface area contributed by atoms with Crippen molar-refractivity contribution in [2.24, 2.45) is 0 Å². The van der Waals surface area contributed by atoms with Crippen LogP contribution < -0.4 is 17.0 Å². The fraction of sp³-hybridized carbons (Fsp3) is 0.500. The van der Waals surface area contributed by atoms with Crippen LogP contribution in [0.25, 0.3) is 22.3 Å². The van der Waals surface area contributed by atoms with Gasteiger partial charge < -0.3 is 44.9 Å². The molecule has 0 amide bonds. The Labute approximate surface area is 259 Å². The summed E-state index contributed by atoms with van der Waals surface area (Å²) in [5, 5.41) is 11.1. The van der Waals surface area contributed by atoms with Crippen LogP contribution >= 0.6 is 13.4 Å². The lowest BCUT2D eigenvalue weighted by Crippen LogP contribution is -2.35. The predicted molar refractivity (Wildman–Crippen MR) is 156 cm³/mol. The van der Waals surface area contributed by atoms with Crippen LogP contribution in [0.2, 0.25) is 0 Å². The van der Waals surface area contributed by atoms with E-state index in [1.807, 2.05) is 0 Å². The molecule has 10 atom stereocenters. The highest BCUT2D eigenvalue weighted by Crippen LogP contribution is 2.54. The molecule has 7 rings (SSSR count). The summed E-state index contributed by atoms with van der Waals surface area (Å²) in [5.74, 6) is -0.171. The lowest BCUT2D eigenvalue weighted by molar-refractivity contribution is -0.0602. The summed E-state index contributed by atoms with van der Waals surface area (Å²) >= 11 is 10.4. The predicted octanol–water partition coefficient (Wildman–Crippen LogP) is -1.13. The van der Waals surface area contributed by atoms with Gasteiger partial charge in [-0.1, -0.05) is 0 Å². The van der Waals surface area contributed by atoms with Crippen molar-refractivity contribution in [1.29, 1.82) is 0 Å². The highest BCUT2D eigenvalue weighted by atomic mass is 32.5. The SMILES string of the molecule is Nc1nc2c(ncn2[C@@H]2O[C@@H]3COP(O)(=S)O[C@@H]4C(F)[C@H](n5cnc6c(N)ncnc65)O[C@@H]4COP(O)(=S)O[C@H]2C3O)c(=O)[nH]1. The second kappa shape index (κ2) is 11.3. The summed E-state index contributed by atoms with van der Waals surface area (Å²) < 4.78 is 52.6. The molecule has 25 heteroatoms. The van der Waals surface area contributed by atoms with E-state index in [2.05, 4.69) is 29.9 Å². The monoisotopic (exact) mass is 708 g/mol. The Morgan fingerprint density at radius 1 is 0.911 bits per heavy atom. The number of ether oxygens (including phenoxy) is 2. The van der Waals surface area contributed by atoms with Crippen molar-refractivity contribution in [2.75, 3.05) is 24.7 Å². The number of nitrogens with two attached hydrogens (primary N) is 2. The number of H-pyrrole nitrogens is 1. The minimum Gasteiger partial charge on any atom is -0.387 e. The number of hydrogen-bond acceptors (Lipinski definition) is 17. The van der Waals surface area contributed by atoms with Crippen LogP contribution in [-0.4, -0.2) is 104 Å². The van der Waals surface area contributed by atoms with E-state index in [1.165, 1.54) is 28.1 Å². The fourth-order valence-corrected chi connectivity index (χ4v) is 8.11. The van der Waals surface area contributed by atoms with E-state index in [1.54, 1.807) is 0 Å². The third kappa shape index (κ3) is 5.56. The maximum absolute atomic E-state index is 16.0. The lowest BCUT2D eigenvalue weighted by Gasteiger charge is -2.27. The van der Waals surface area contributed by atoms with Crippen LogP contribution in [0.15, 0.2) is 23.8 Å². The van der Waals surface area contributed by atoms with Gasteiger partial charge in [-0.05, 0) is 23.6 Å². The molecule has 7 heterocycles. The molecule has 20 nitrogen and oxygen atoms in total. The van der Waals surface area contributed by atoms with Gasteiger partial charge in [0.25, 0.3) is 5.56 Å². The van der Waals surface area contributed by atoms with E-state index in [0.29, 0.717) is 0 Å². The smallest absolute Gasteiger partial charge is 0.325 e. The third-order valence-corrected chi connectivity index (χ3v) is 10.4. The Balaban J connectivity index is 1.21. The molecule has 3 saturated heterocycles. The molecule has 8 N–H and O–H groups in total. The third-order valence-electron chi connectivity index (χ3n) is 7.28. The molecular weight excluding hydrogens is 685 g/mol. The van der Waals surface area contributed by atoms with E-state index < -0.39 is 81.4 Å². The minimum absolute atomic E-state index is 0.0335. The molecule has 0 radical (unpaired) electrons.